The maximum Gasteiger partial charge on any atom is 0.0191 e. The van der Waals surface area contributed by atoms with Crippen molar-refractivity contribution in [3.8, 4) is 0 Å². The van der Waals surface area contributed by atoms with Gasteiger partial charge in [-0.1, -0.05) is 27.2 Å². The van der Waals surface area contributed by atoms with Gasteiger partial charge in [-0.15, -0.1) is 0 Å². The van der Waals surface area contributed by atoms with Gasteiger partial charge in [0.15, 0.2) is 0 Å². The van der Waals surface area contributed by atoms with Crippen LogP contribution in [0.3, 0.4) is 0 Å². The van der Waals surface area contributed by atoms with Crippen LogP contribution in [0.1, 0.15) is 46.5 Å². The van der Waals surface area contributed by atoms with Gasteiger partial charge in [0, 0.05) is 19.1 Å². The van der Waals surface area contributed by atoms with Crippen LogP contribution in [0.15, 0.2) is 0 Å². The maximum absolute atomic E-state index is 6.06. The van der Waals surface area contributed by atoms with Crippen LogP contribution in [-0.2, 0) is 0 Å². The van der Waals surface area contributed by atoms with Crippen LogP contribution in [0.25, 0.3) is 0 Å². The lowest BCUT2D eigenvalue weighted by molar-refractivity contribution is 0.383. The summed E-state index contributed by atoms with van der Waals surface area (Å²) in [5.41, 5.74) is 6.70. The Balaban J connectivity index is 2.09. The van der Waals surface area contributed by atoms with Crippen molar-refractivity contribution in [2.75, 3.05) is 13.1 Å². The van der Waals surface area contributed by atoms with Gasteiger partial charge in [-0.2, -0.15) is 0 Å². The van der Waals surface area contributed by atoms with E-state index in [1.807, 2.05) is 0 Å². The van der Waals surface area contributed by atoms with E-state index in [1.165, 1.54) is 32.2 Å². The molecule has 2 atom stereocenters. The van der Waals surface area contributed by atoms with Gasteiger partial charge in [0.1, 0.15) is 0 Å². The van der Waals surface area contributed by atoms with E-state index < -0.39 is 0 Å². The molecule has 1 saturated carbocycles. The highest BCUT2D eigenvalue weighted by molar-refractivity contribution is 4.93. The molecule has 2 nitrogen and oxygen atoms in total. The summed E-state index contributed by atoms with van der Waals surface area (Å²) in [7, 11) is 0. The minimum Gasteiger partial charge on any atom is -0.326 e. The summed E-state index contributed by atoms with van der Waals surface area (Å²) in [5.74, 6) is 0.638. The molecule has 0 bridgehead atoms. The summed E-state index contributed by atoms with van der Waals surface area (Å²) >= 11 is 0. The highest BCUT2D eigenvalue weighted by Crippen LogP contribution is 2.47. The molecule has 2 heteroatoms. The molecule has 0 amide bonds. The fourth-order valence-electron chi connectivity index (χ4n) is 1.84. The number of hydrogen-bond donors (Lipinski definition) is 2. The van der Waals surface area contributed by atoms with E-state index in [1.54, 1.807) is 0 Å². The molecule has 0 saturated heterocycles. The number of nitrogens with two attached hydrogens (primary N) is 1. The van der Waals surface area contributed by atoms with Gasteiger partial charge in [-0.25, -0.2) is 0 Å². The minimum atomic E-state index is 0.327. The Morgan fingerprint density at radius 1 is 1.36 bits per heavy atom. The zero-order valence-electron chi connectivity index (χ0n) is 9.97. The summed E-state index contributed by atoms with van der Waals surface area (Å²) in [4.78, 5) is 0. The molecule has 0 aromatic carbocycles. The van der Waals surface area contributed by atoms with Gasteiger partial charge in [-0.3, -0.25) is 0 Å². The highest BCUT2D eigenvalue weighted by atomic mass is 14.9. The number of hydrogen-bond acceptors (Lipinski definition) is 2. The summed E-state index contributed by atoms with van der Waals surface area (Å²) in [6.45, 7) is 8.89. The summed E-state index contributed by atoms with van der Waals surface area (Å²) in [5, 5.41) is 3.53. The third kappa shape index (κ3) is 3.25. The molecular weight excluding hydrogens is 172 g/mol. The van der Waals surface area contributed by atoms with Crippen LogP contribution in [0.2, 0.25) is 0 Å². The fraction of sp³-hybridized carbons (Fsp3) is 1.00. The van der Waals surface area contributed by atoms with Gasteiger partial charge < -0.3 is 11.1 Å². The largest absolute Gasteiger partial charge is 0.326 e. The van der Waals surface area contributed by atoms with Crippen molar-refractivity contribution >= 4 is 0 Å². The Kier molecular flexibility index (Phi) is 4.39. The van der Waals surface area contributed by atoms with Crippen LogP contribution in [0.4, 0.5) is 0 Å². The first-order chi connectivity index (χ1) is 6.63. The number of nitrogens with one attached hydrogen (secondary N) is 1. The smallest absolute Gasteiger partial charge is 0.0191 e. The zero-order valence-corrected chi connectivity index (χ0v) is 9.97. The second-order valence-electron chi connectivity index (χ2n) is 5.03. The molecule has 1 rings (SSSR count). The van der Waals surface area contributed by atoms with Crippen molar-refractivity contribution in [2.45, 2.75) is 52.5 Å². The molecule has 1 aliphatic carbocycles. The first-order valence-corrected chi connectivity index (χ1v) is 6.10. The molecule has 0 aromatic rings. The van der Waals surface area contributed by atoms with Gasteiger partial charge in [0.25, 0.3) is 0 Å². The molecule has 14 heavy (non-hydrogen) atoms. The van der Waals surface area contributed by atoms with Crippen molar-refractivity contribution in [2.24, 2.45) is 17.1 Å². The zero-order chi connectivity index (χ0) is 10.6. The van der Waals surface area contributed by atoms with E-state index in [9.17, 15) is 0 Å². The molecule has 0 aliphatic heterocycles. The van der Waals surface area contributed by atoms with Crippen LogP contribution >= 0.6 is 0 Å². The molecular formula is C12H26N2. The van der Waals surface area contributed by atoms with Crippen LogP contribution < -0.4 is 11.1 Å². The molecule has 0 aromatic heterocycles. The third-order valence-corrected chi connectivity index (χ3v) is 3.96. The van der Waals surface area contributed by atoms with Crippen LogP contribution in [-0.4, -0.2) is 19.1 Å². The second kappa shape index (κ2) is 5.13. The Morgan fingerprint density at radius 2 is 2.00 bits per heavy atom. The molecule has 1 fully saturated rings. The lowest BCUT2D eigenvalue weighted by atomic mass is 9.99. The molecule has 84 valence electrons. The quantitative estimate of drug-likeness (QED) is 0.658. The molecule has 1 aliphatic rings. The Bertz CT molecular complexity index is 164. The fourth-order valence-corrected chi connectivity index (χ4v) is 1.84. The Hall–Kier alpha value is -0.0800. The molecule has 2 unspecified atom stereocenters. The Morgan fingerprint density at radius 3 is 2.43 bits per heavy atom. The maximum atomic E-state index is 6.06. The predicted molar refractivity (Wildman–Crippen MR) is 62.3 cm³/mol. The normalized spacial score (nSPS) is 23.1. The van der Waals surface area contributed by atoms with E-state index >= 15 is 0 Å². The first kappa shape index (κ1) is 12.0. The van der Waals surface area contributed by atoms with Crippen LogP contribution in [0, 0.1) is 11.3 Å². The van der Waals surface area contributed by atoms with E-state index in [0.29, 0.717) is 17.4 Å². The molecule has 0 heterocycles. The second-order valence-corrected chi connectivity index (χ2v) is 5.03. The average molecular weight is 198 g/mol. The molecule has 0 spiro atoms. The van der Waals surface area contributed by atoms with Crippen molar-refractivity contribution in [1.29, 1.82) is 0 Å². The van der Waals surface area contributed by atoms with Crippen molar-refractivity contribution in [3.63, 3.8) is 0 Å². The molecule has 0 radical (unpaired) electrons. The van der Waals surface area contributed by atoms with E-state index in [0.717, 1.165) is 6.54 Å². The third-order valence-electron chi connectivity index (χ3n) is 3.96. The summed E-state index contributed by atoms with van der Waals surface area (Å²) in [6.07, 6.45) is 5.32. The number of rotatable bonds is 7. The molecule has 3 N–H and O–H groups in total. The summed E-state index contributed by atoms with van der Waals surface area (Å²) in [6, 6.07) is 0.327. The van der Waals surface area contributed by atoms with Crippen molar-refractivity contribution in [3.05, 3.63) is 0 Å². The minimum absolute atomic E-state index is 0.327. The van der Waals surface area contributed by atoms with E-state index in [4.69, 9.17) is 5.73 Å². The van der Waals surface area contributed by atoms with E-state index in [-0.39, 0.29) is 0 Å². The predicted octanol–water partition coefficient (Wildman–Crippen LogP) is 2.14. The van der Waals surface area contributed by atoms with Crippen molar-refractivity contribution < 1.29 is 0 Å². The van der Waals surface area contributed by atoms with Gasteiger partial charge in [0.05, 0.1) is 0 Å². The highest BCUT2D eigenvalue weighted by Gasteiger charge is 2.39. The lowest BCUT2D eigenvalue weighted by Crippen LogP contribution is -2.40. The monoisotopic (exact) mass is 198 g/mol. The standard InChI is InChI=1S/C12H26N2/c1-4-10(3)11(13)8-14-9-12(5-2)6-7-12/h10-11,14H,4-9,13H2,1-3H3. The first-order valence-electron chi connectivity index (χ1n) is 6.10. The van der Waals surface area contributed by atoms with Gasteiger partial charge in [0.2, 0.25) is 0 Å². The average Bonchev–Trinajstić information content (AvgIpc) is 2.97. The van der Waals surface area contributed by atoms with Crippen LogP contribution in [0.5, 0.6) is 0 Å². The van der Waals surface area contributed by atoms with Gasteiger partial charge in [-0.05, 0) is 30.6 Å². The van der Waals surface area contributed by atoms with E-state index in [2.05, 4.69) is 26.1 Å². The van der Waals surface area contributed by atoms with Crippen molar-refractivity contribution in [1.82, 2.24) is 5.32 Å². The topological polar surface area (TPSA) is 38.0 Å². The Labute approximate surface area is 88.6 Å². The summed E-state index contributed by atoms with van der Waals surface area (Å²) < 4.78 is 0. The lowest BCUT2D eigenvalue weighted by Gasteiger charge is -2.20. The SMILES string of the molecule is CCC(C)C(N)CNCC1(CC)CC1. The van der Waals surface area contributed by atoms with Gasteiger partial charge >= 0.3 is 0 Å².